The smallest absolute Gasteiger partial charge is 0.258 e. The van der Waals surface area contributed by atoms with Crippen LogP contribution in [0.4, 0.5) is 5.69 Å². The molecular formula is C18H21ClN2O. The highest BCUT2D eigenvalue weighted by Gasteiger charge is 2.21. The third-order valence-corrected chi connectivity index (χ3v) is 3.96. The number of hydrogen-bond acceptors (Lipinski definition) is 2. The second-order valence-corrected chi connectivity index (χ2v) is 5.31. The van der Waals surface area contributed by atoms with Gasteiger partial charge in [0.25, 0.3) is 5.91 Å². The van der Waals surface area contributed by atoms with Gasteiger partial charge in [-0.25, -0.2) is 0 Å². The number of nitrogens with one attached hydrogen (secondary N) is 1. The minimum absolute atomic E-state index is 0. The average Bonchev–Trinajstić information content (AvgIpc) is 2.77. The molecule has 22 heavy (non-hydrogen) atoms. The molecule has 3 rings (SSSR count). The van der Waals surface area contributed by atoms with Crippen molar-refractivity contribution >= 4 is 24.0 Å². The van der Waals surface area contributed by atoms with Crippen LogP contribution in [0.2, 0.25) is 0 Å². The second-order valence-electron chi connectivity index (χ2n) is 5.31. The zero-order chi connectivity index (χ0) is 14.7. The second kappa shape index (κ2) is 7.43. The number of nitrogens with zero attached hydrogens (tertiary/aromatic N) is 1. The van der Waals surface area contributed by atoms with Gasteiger partial charge in [-0.05, 0) is 35.7 Å². The third kappa shape index (κ3) is 3.32. The molecule has 1 aliphatic rings. The van der Waals surface area contributed by atoms with Crippen molar-refractivity contribution in [1.29, 1.82) is 0 Å². The van der Waals surface area contributed by atoms with Crippen LogP contribution in [0.15, 0.2) is 48.5 Å². The zero-order valence-corrected chi connectivity index (χ0v) is 13.5. The fourth-order valence-corrected chi connectivity index (χ4v) is 2.71. The maximum atomic E-state index is 12.8. The fourth-order valence-electron chi connectivity index (χ4n) is 2.71. The molecule has 116 valence electrons. The molecule has 0 spiro atoms. The Bertz CT molecular complexity index is 640. The molecule has 0 radical (unpaired) electrons. The van der Waals surface area contributed by atoms with E-state index < -0.39 is 0 Å². The number of rotatable bonds is 2. The van der Waals surface area contributed by atoms with Crippen LogP contribution in [-0.2, 0) is 13.0 Å². The van der Waals surface area contributed by atoms with Crippen LogP contribution in [0.3, 0.4) is 0 Å². The van der Waals surface area contributed by atoms with Crippen LogP contribution in [0.1, 0.15) is 28.4 Å². The Morgan fingerprint density at radius 1 is 1.14 bits per heavy atom. The Kier molecular flexibility index (Phi) is 5.58. The average molecular weight is 317 g/mol. The summed E-state index contributed by atoms with van der Waals surface area (Å²) in [6.07, 6.45) is 0.991. The van der Waals surface area contributed by atoms with Crippen LogP contribution in [0, 0.1) is 0 Å². The number of benzene rings is 2. The van der Waals surface area contributed by atoms with Crippen LogP contribution in [0.5, 0.6) is 0 Å². The first-order valence-corrected chi connectivity index (χ1v) is 7.49. The topological polar surface area (TPSA) is 32.3 Å². The number of amides is 1. The molecule has 3 nitrogen and oxygen atoms in total. The monoisotopic (exact) mass is 316 g/mol. The van der Waals surface area contributed by atoms with Gasteiger partial charge in [0, 0.05) is 30.9 Å². The van der Waals surface area contributed by atoms with Gasteiger partial charge in [0.05, 0.1) is 0 Å². The molecule has 0 bridgehead atoms. The summed E-state index contributed by atoms with van der Waals surface area (Å²) >= 11 is 0. The van der Waals surface area contributed by atoms with Gasteiger partial charge in [-0.2, -0.15) is 0 Å². The largest absolute Gasteiger partial charge is 0.311 e. The van der Waals surface area contributed by atoms with E-state index in [0.29, 0.717) is 6.54 Å². The molecule has 1 amide bonds. The molecule has 1 aliphatic heterocycles. The Balaban J connectivity index is 0.00000176. The summed E-state index contributed by atoms with van der Waals surface area (Å²) in [6, 6.07) is 16.1. The molecule has 1 N–H and O–H groups in total. The Morgan fingerprint density at radius 3 is 2.59 bits per heavy atom. The predicted octanol–water partition coefficient (Wildman–Crippen LogP) is 3.42. The first-order chi connectivity index (χ1) is 10.3. The number of para-hydroxylation sites is 1. The fraction of sp³-hybridized carbons (Fsp3) is 0.278. The Hall–Kier alpha value is -1.84. The molecule has 0 unspecified atom stereocenters. The highest BCUT2D eigenvalue weighted by atomic mass is 35.5. The van der Waals surface area contributed by atoms with E-state index in [9.17, 15) is 4.79 Å². The predicted molar refractivity (Wildman–Crippen MR) is 92.9 cm³/mol. The van der Waals surface area contributed by atoms with Crippen molar-refractivity contribution in [2.75, 3.05) is 18.0 Å². The van der Waals surface area contributed by atoms with E-state index in [1.54, 1.807) is 0 Å². The number of fused-ring (bicyclic) bond motifs is 1. The number of halogens is 1. The van der Waals surface area contributed by atoms with Crippen molar-refractivity contribution in [2.45, 2.75) is 19.9 Å². The van der Waals surface area contributed by atoms with Gasteiger partial charge in [-0.3, -0.25) is 4.79 Å². The molecule has 0 saturated heterocycles. The maximum Gasteiger partial charge on any atom is 0.258 e. The molecule has 0 atom stereocenters. The molecule has 0 aromatic heterocycles. The summed E-state index contributed by atoms with van der Waals surface area (Å²) in [7, 11) is 0. The highest BCUT2D eigenvalue weighted by Crippen LogP contribution is 2.24. The molecule has 2 aromatic rings. The lowest BCUT2D eigenvalue weighted by Crippen LogP contribution is -2.34. The molecule has 0 saturated carbocycles. The van der Waals surface area contributed by atoms with Crippen LogP contribution in [-0.4, -0.2) is 19.0 Å². The zero-order valence-electron chi connectivity index (χ0n) is 12.7. The van der Waals surface area contributed by atoms with E-state index in [1.807, 2.05) is 47.4 Å². The van der Waals surface area contributed by atoms with Crippen LogP contribution >= 0.6 is 12.4 Å². The lowest BCUT2D eigenvalue weighted by molar-refractivity contribution is 0.0987. The van der Waals surface area contributed by atoms with E-state index >= 15 is 0 Å². The van der Waals surface area contributed by atoms with Gasteiger partial charge < -0.3 is 10.2 Å². The summed E-state index contributed by atoms with van der Waals surface area (Å²) in [5.41, 5.74) is 4.20. The minimum atomic E-state index is 0. The third-order valence-electron chi connectivity index (χ3n) is 3.96. The molecule has 2 aromatic carbocycles. The SMILES string of the molecule is CCc1ccc(C(=O)N2CCNCc3ccccc32)cc1.Cl. The summed E-state index contributed by atoms with van der Waals surface area (Å²) < 4.78 is 0. The first kappa shape index (κ1) is 16.5. The maximum absolute atomic E-state index is 12.8. The highest BCUT2D eigenvalue weighted by molar-refractivity contribution is 6.06. The van der Waals surface area contributed by atoms with E-state index in [1.165, 1.54) is 11.1 Å². The number of aryl methyl sites for hydroxylation is 1. The Morgan fingerprint density at radius 2 is 1.86 bits per heavy atom. The number of anilines is 1. The van der Waals surface area contributed by atoms with E-state index in [0.717, 1.165) is 30.8 Å². The first-order valence-electron chi connectivity index (χ1n) is 7.49. The van der Waals surface area contributed by atoms with Crippen molar-refractivity contribution in [1.82, 2.24) is 5.32 Å². The van der Waals surface area contributed by atoms with Gasteiger partial charge in [-0.1, -0.05) is 37.3 Å². The lowest BCUT2D eigenvalue weighted by Gasteiger charge is -2.22. The van der Waals surface area contributed by atoms with Gasteiger partial charge in [0.1, 0.15) is 0 Å². The van der Waals surface area contributed by atoms with Crippen molar-refractivity contribution in [2.24, 2.45) is 0 Å². The van der Waals surface area contributed by atoms with Gasteiger partial charge in [0.2, 0.25) is 0 Å². The summed E-state index contributed by atoms with van der Waals surface area (Å²) in [5.74, 6) is 0.0776. The van der Waals surface area contributed by atoms with Crippen LogP contribution in [0.25, 0.3) is 0 Å². The molecule has 0 aliphatic carbocycles. The summed E-state index contributed by atoms with van der Waals surface area (Å²) in [4.78, 5) is 14.7. The van der Waals surface area contributed by atoms with Crippen molar-refractivity contribution in [3.63, 3.8) is 0 Å². The van der Waals surface area contributed by atoms with Crippen LogP contribution < -0.4 is 10.2 Å². The lowest BCUT2D eigenvalue weighted by atomic mass is 10.1. The number of hydrogen-bond donors (Lipinski definition) is 1. The normalized spacial score (nSPS) is 13.8. The minimum Gasteiger partial charge on any atom is -0.311 e. The van der Waals surface area contributed by atoms with Gasteiger partial charge in [-0.15, -0.1) is 12.4 Å². The van der Waals surface area contributed by atoms with Crippen molar-refractivity contribution in [3.8, 4) is 0 Å². The molecular weight excluding hydrogens is 296 g/mol. The van der Waals surface area contributed by atoms with E-state index in [-0.39, 0.29) is 18.3 Å². The Labute approximate surface area is 137 Å². The quantitative estimate of drug-likeness (QED) is 0.920. The summed E-state index contributed by atoms with van der Waals surface area (Å²) in [6.45, 7) is 4.45. The van der Waals surface area contributed by atoms with Crippen molar-refractivity contribution in [3.05, 3.63) is 65.2 Å². The van der Waals surface area contributed by atoms with Crippen molar-refractivity contribution < 1.29 is 4.79 Å². The standard InChI is InChI=1S/C18H20N2O.ClH/c1-2-14-7-9-15(10-8-14)18(21)20-12-11-19-13-16-5-3-4-6-17(16)20;/h3-10,19H,2,11-13H2,1H3;1H. The molecule has 1 heterocycles. The molecule has 0 fully saturated rings. The summed E-state index contributed by atoms with van der Waals surface area (Å²) in [5, 5.41) is 3.36. The van der Waals surface area contributed by atoms with Gasteiger partial charge >= 0.3 is 0 Å². The molecule has 4 heteroatoms. The van der Waals surface area contributed by atoms with E-state index in [4.69, 9.17) is 0 Å². The number of carbonyl (C=O) groups excluding carboxylic acids is 1. The van der Waals surface area contributed by atoms with Gasteiger partial charge in [0.15, 0.2) is 0 Å². The van der Waals surface area contributed by atoms with E-state index in [2.05, 4.69) is 18.3 Å². The number of carbonyl (C=O) groups is 1.